The van der Waals surface area contributed by atoms with E-state index >= 15 is 0 Å². The minimum Gasteiger partial charge on any atom is -0.508 e. The second kappa shape index (κ2) is 9.74. The fourth-order valence-electron chi connectivity index (χ4n) is 7.53. The molecule has 0 saturated carbocycles. The van der Waals surface area contributed by atoms with Gasteiger partial charge >= 0.3 is 0 Å². The second-order valence-electron chi connectivity index (χ2n) is 11.5. The van der Waals surface area contributed by atoms with Gasteiger partial charge in [-0.05, 0) is 55.0 Å². The highest BCUT2D eigenvalue weighted by atomic mass is 32.2. The number of ketones is 1. The van der Waals surface area contributed by atoms with Crippen molar-refractivity contribution in [1.29, 1.82) is 0 Å². The van der Waals surface area contributed by atoms with Crippen LogP contribution in [0.25, 0.3) is 0 Å². The molecule has 2 N–H and O–H groups in total. The predicted octanol–water partition coefficient (Wildman–Crippen LogP) is 7.66. The number of Topliss-reactive ketones (excluding diaryl/α,β-unsaturated/α-hetero) is 1. The number of thioether (sulfide) groups is 1. The molecule has 2 unspecified atom stereocenters. The molecule has 3 atom stereocenters. The summed E-state index contributed by atoms with van der Waals surface area (Å²) in [6, 6.07) is 26.2. The van der Waals surface area contributed by atoms with Crippen LogP contribution in [-0.4, -0.2) is 38.3 Å². The smallest absolute Gasteiger partial charge is 0.159 e. The molecule has 1 saturated heterocycles. The number of phenols is 2. The van der Waals surface area contributed by atoms with E-state index in [1.165, 1.54) is 39.6 Å². The maximum atomic E-state index is 11.6. The number of fused-ring (bicyclic) bond motifs is 7. The maximum absolute atomic E-state index is 11.6. The summed E-state index contributed by atoms with van der Waals surface area (Å²) in [5.41, 5.74) is 8.85. The Labute approximate surface area is 250 Å². The van der Waals surface area contributed by atoms with Crippen LogP contribution < -0.4 is 0 Å². The Bertz CT molecular complexity index is 1730. The Morgan fingerprint density at radius 3 is 2.24 bits per heavy atom. The predicted molar refractivity (Wildman–Crippen MR) is 168 cm³/mol. The van der Waals surface area contributed by atoms with Gasteiger partial charge in [-0.2, -0.15) is 0 Å². The largest absolute Gasteiger partial charge is 0.508 e. The van der Waals surface area contributed by atoms with Crippen molar-refractivity contribution in [3.63, 3.8) is 0 Å². The highest BCUT2D eigenvalue weighted by Crippen LogP contribution is 2.79. The SMILES string of the molecule is CC(=O)c1ccccc1.Cc1ccc2c(c1)C1c3c(O)c(SC(=S)N4CCCC4)cc(O)c3[C@@H]3c4ccccc4C213. The number of carbonyl (C=O) groups is 1. The monoisotopic (exact) mass is 577 g/mol. The van der Waals surface area contributed by atoms with Crippen LogP contribution in [0.2, 0.25) is 0 Å². The van der Waals surface area contributed by atoms with Gasteiger partial charge in [0.1, 0.15) is 15.8 Å². The normalized spacial score (nSPS) is 22.0. The van der Waals surface area contributed by atoms with Crippen molar-refractivity contribution in [3.05, 3.63) is 123 Å². The highest BCUT2D eigenvalue weighted by molar-refractivity contribution is 8.23. The van der Waals surface area contributed by atoms with Gasteiger partial charge < -0.3 is 15.1 Å². The van der Waals surface area contributed by atoms with Crippen LogP contribution in [0.4, 0.5) is 0 Å². The highest BCUT2D eigenvalue weighted by Gasteiger charge is 2.70. The quantitative estimate of drug-likeness (QED) is 0.110. The van der Waals surface area contributed by atoms with Gasteiger partial charge in [-0.3, -0.25) is 4.79 Å². The van der Waals surface area contributed by atoms with E-state index in [0.29, 0.717) is 10.6 Å². The number of rotatable bonds is 2. The number of hydrogen-bond acceptors (Lipinski definition) is 5. The van der Waals surface area contributed by atoms with Gasteiger partial charge in [0.25, 0.3) is 0 Å². The van der Waals surface area contributed by atoms with E-state index in [1.54, 1.807) is 13.0 Å². The van der Waals surface area contributed by atoms with E-state index in [2.05, 4.69) is 54.3 Å². The molecule has 0 amide bonds. The molecule has 1 heterocycles. The molecule has 3 aliphatic carbocycles. The minimum absolute atomic E-state index is 0.0686. The van der Waals surface area contributed by atoms with Gasteiger partial charge in [0.05, 0.1) is 4.90 Å². The van der Waals surface area contributed by atoms with Crippen molar-refractivity contribution in [3.8, 4) is 11.5 Å². The Hall–Kier alpha value is -3.61. The van der Waals surface area contributed by atoms with Crippen LogP contribution in [0.15, 0.2) is 83.8 Å². The van der Waals surface area contributed by atoms with Crippen molar-refractivity contribution < 1.29 is 15.0 Å². The lowest BCUT2D eigenvalue weighted by Crippen LogP contribution is -2.52. The average molecular weight is 578 g/mol. The van der Waals surface area contributed by atoms with Gasteiger partial charge in [-0.1, -0.05) is 102 Å². The van der Waals surface area contributed by atoms with Crippen molar-refractivity contribution in [1.82, 2.24) is 4.90 Å². The zero-order valence-electron chi connectivity index (χ0n) is 23.1. The number of thiocarbonyl (C=S) groups is 1. The lowest BCUT2D eigenvalue weighted by atomic mass is 9.43. The van der Waals surface area contributed by atoms with Crippen molar-refractivity contribution in [2.24, 2.45) is 0 Å². The standard InChI is InChI=1S/C27H23NO2S2.C8H8O/c1-14-8-9-18-16(12-14)24-22-21(23-15-6-2-3-7-17(15)27(18,23)24)19(29)13-20(25(22)30)32-26(31)28-10-4-5-11-28;1-7(9)8-5-3-2-4-6-8/h2-3,6-9,12-13,23-24,29-30H,4-5,10-11H2,1H3;2-6H,1H3/t23-,24?,27?;/m0./s1. The molecule has 41 heavy (non-hydrogen) atoms. The average Bonchev–Trinajstić information content (AvgIpc) is 3.58. The number of aromatic hydroxyl groups is 2. The lowest BCUT2D eigenvalue weighted by Gasteiger charge is -2.58. The minimum atomic E-state index is -0.171. The first-order valence-corrected chi connectivity index (χ1v) is 15.4. The van der Waals surface area contributed by atoms with E-state index in [0.717, 1.165) is 46.9 Å². The number of phenolic OH excluding ortho intramolecular Hbond substituents is 2. The van der Waals surface area contributed by atoms with Gasteiger partial charge in [-0.15, -0.1) is 0 Å². The fraction of sp³-hybridized carbons (Fsp3) is 0.257. The third-order valence-corrected chi connectivity index (χ3v) is 10.7. The number of likely N-dealkylation sites (tertiary alicyclic amines) is 1. The number of nitrogens with zero attached hydrogens (tertiary/aromatic N) is 1. The molecular formula is C35H31NO3S2. The third-order valence-electron chi connectivity index (χ3n) is 9.23. The summed E-state index contributed by atoms with van der Waals surface area (Å²) in [6.45, 7) is 5.62. The first kappa shape index (κ1) is 26.3. The van der Waals surface area contributed by atoms with Crippen LogP contribution in [0, 0.1) is 6.92 Å². The summed E-state index contributed by atoms with van der Waals surface area (Å²) >= 11 is 7.09. The molecule has 0 bridgehead atoms. The van der Waals surface area contributed by atoms with E-state index in [4.69, 9.17) is 12.2 Å². The number of carbonyl (C=O) groups excluding carboxylic acids is 1. The summed E-state index contributed by atoms with van der Waals surface area (Å²) in [5, 5.41) is 22.8. The third kappa shape index (κ3) is 3.73. The molecule has 206 valence electrons. The summed E-state index contributed by atoms with van der Waals surface area (Å²) in [5.74, 6) is 0.848. The lowest BCUT2D eigenvalue weighted by molar-refractivity contribution is 0.101. The number of hydrogen-bond donors (Lipinski definition) is 2. The van der Waals surface area contributed by atoms with E-state index in [-0.39, 0.29) is 28.8 Å². The van der Waals surface area contributed by atoms with Crippen LogP contribution in [0.5, 0.6) is 11.5 Å². The van der Waals surface area contributed by atoms with Crippen LogP contribution >= 0.6 is 24.0 Å². The molecule has 4 nitrogen and oxygen atoms in total. The summed E-state index contributed by atoms with van der Waals surface area (Å²) in [6.07, 6.45) is 2.31. The molecule has 0 aromatic heterocycles. The molecule has 4 aliphatic rings. The van der Waals surface area contributed by atoms with Crippen molar-refractivity contribution >= 4 is 34.1 Å². The van der Waals surface area contributed by atoms with Gasteiger partial charge in [0, 0.05) is 47.0 Å². The van der Waals surface area contributed by atoms with Gasteiger partial charge in [0.15, 0.2) is 5.78 Å². The van der Waals surface area contributed by atoms with Gasteiger partial charge in [0.2, 0.25) is 0 Å². The number of benzene rings is 4. The van der Waals surface area contributed by atoms with Crippen LogP contribution in [0.1, 0.15) is 80.9 Å². The molecule has 0 radical (unpaired) electrons. The zero-order valence-corrected chi connectivity index (χ0v) is 24.7. The van der Waals surface area contributed by atoms with Crippen molar-refractivity contribution in [2.45, 2.75) is 48.8 Å². The maximum Gasteiger partial charge on any atom is 0.159 e. The molecule has 4 aromatic rings. The molecule has 1 spiro atoms. The fourth-order valence-corrected chi connectivity index (χ4v) is 8.86. The molecule has 4 aromatic carbocycles. The Kier molecular flexibility index (Phi) is 6.25. The molecule has 1 aliphatic heterocycles. The summed E-state index contributed by atoms with van der Waals surface area (Å²) in [7, 11) is 0. The molecular weight excluding hydrogens is 547 g/mol. The Morgan fingerprint density at radius 2 is 1.54 bits per heavy atom. The first-order valence-electron chi connectivity index (χ1n) is 14.2. The van der Waals surface area contributed by atoms with Crippen LogP contribution in [0.3, 0.4) is 0 Å². The van der Waals surface area contributed by atoms with E-state index in [1.807, 2.05) is 30.3 Å². The van der Waals surface area contributed by atoms with Gasteiger partial charge in [-0.25, -0.2) is 0 Å². The topological polar surface area (TPSA) is 60.8 Å². The Balaban J connectivity index is 0.000000265. The van der Waals surface area contributed by atoms with Crippen LogP contribution in [-0.2, 0) is 5.41 Å². The molecule has 8 rings (SSSR count). The van der Waals surface area contributed by atoms with Crippen molar-refractivity contribution in [2.75, 3.05) is 13.1 Å². The Morgan fingerprint density at radius 1 is 0.878 bits per heavy atom. The zero-order chi connectivity index (χ0) is 28.5. The second-order valence-corrected chi connectivity index (χ2v) is 13.1. The summed E-state index contributed by atoms with van der Waals surface area (Å²) < 4.78 is 0.779. The molecule has 6 heteroatoms. The van der Waals surface area contributed by atoms with E-state index < -0.39 is 0 Å². The summed E-state index contributed by atoms with van der Waals surface area (Å²) in [4.78, 5) is 13.5. The van der Waals surface area contributed by atoms with E-state index in [9.17, 15) is 15.0 Å². The molecule has 1 fully saturated rings. The number of aryl methyl sites for hydroxylation is 1. The first-order chi connectivity index (χ1) is 19.8.